The molecule has 7 nitrogen and oxygen atoms in total. The summed E-state index contributed by atoms with van der Waals surface area (Å²) < 4.78 is 15.0. The summed E-state index contributed by atoms with van der Waals surface area (Å²) in [5, 5.41) is 2.95. The van der Waals surface area contributed by atoms with Gasteiger partial charge in [0.2, 0.25) is 5.76 Å². The number of ether oxygens (including phenoxy) is 2. The van der Waals surface area contributed by atoms with E-state index in [1.807, 2.05) is 0 Å². The summed E-state index contributed by atoms with van der Waals surface area (Å²) in [7, 11) is 2.74. The van der Waals surface area contributed by atoms with Crippen molar-refractivity contribution < 1.29 is 23.5 Å². The van der Waals surface area contributed by atoms with E-state index in [-0.39, 0.29) is 22.6 Å². The normalized spacial score (nSPS) is 10.4. The van der Waals surface area contributed by atoms with Crippen LogP contribution in [0.15, 0.2) is 57.7 Å². The number of anilines is 1. The van der Waals surface area contributed by atoms with Crippen molar-refractivity contribution in [3.63, 3.8) is 0 Å². The molecule has 1 heterocycles. The van der Waals surface area contributed by atoms with E-state index in [0.29, 0.717) is 17.0 Å². The van der Waals surface area contributed by atoms with Gasteiger partial charge in [0.1, 0.15) is 11.3 Å². The van der Waals surface area contributed by atoms with Crippen LogP contribution < -0.4 is 15.5 Å². The Morgan fingerprint density at radius 3 is 2.38 bits per heavy atom. The Bertz CT molecular complexity index is 1040. The van der Waals surface area contributed by atoms with Gasteiger partial charge in [0.15, 0.2) is 5.43 Å². The molecule has 2 aromatic carbocycles. The zero-order chi connectivity index (χ0) is 18.7. The van der Waals surface area contributed by atoms with Crippen LogP contribution in [0, 0.1) is 0 Å². The van der Waals surface area contributed by atoms with Gasteiger partial charge >= 0.3 is 5.97 Å². The first-order chi connectivity index (χ1) is 12.5. The van der Waals surface area contributed by atoms with Crippen molar-refractivity contribution in [1.29, 1.82) is 0 Å². The van der Waals surface area contributed by atoms with Crippen molar-refractivity contribution in [1.82, 2.24) is 0 Å². The molecule has 0 bridgehead atoms. The Morgan fingerprint density at radius 2 is 1.73 bits per heavy atom. The molecule has 1 amide bonds. The highest BCUT2D eigenvalue weighted by Crippen LogP contribution is 2.19. The van der Waals surface area contributed by atoms with Crippen molar-refractivity contribution in [3.8, 4) is 5.75 Å². The predicted molar refractivity (Wildman–Crippen MR) is 94.8 cm³/mol. The number of methoxy groups -OCH3 is 2. The van der Waals surface area contributed by atoms with E-state index in [9.17, 15) is 14.4 Å². The van der Waals surface area contributed by atoms with Crippen molar-refractivity contribution in [2.24, 2.45) is 0 Å². The van der Waals surface area contributed by atoms with Gasteiger partial charge in [0, 0.05) is 17.3 Å². The van der Waals surface area contributed by atoms with Crippen molar-refractivity contribution in [2.45, 2.75) is 0 Å². The molecule has 1 N–H and O–H groups in total. The van der Waals surface area contributed by atoms with E-state index in [2.05, 4.69) is 10.1 Å². The Hall–Kier alpha value is -3.61. The summed E-state index contributed by atoms with van der Waals surface area (Å²) in [5.41, 5.74) is 0.683. The topological polar surface area (TPSA) is 94.8 Å². The Labute approximate surface area is 148 Å². The highest BCUT2D eigenvalue weighted by Gasteiger charge is 2.13. The monoisotopic (exact) mass is 353 g/mol. The molecular weight excluding hydrogens is 338 g/mol. The molecule has 0 unspecified atom stereocenters. The molecule has 1 aromatic heterocycles. The maximum absolute atomic E-state index is 12.3. The molecule has 3 aromatic rings. The SMILES string of the molecule is COC(=O)c1cc(=O)c2cc(NC(=O)c3ccc(OC)cc3)ccc2o1. The second kappa shape index (κ2) is 7.10. The van der Waals surface area contributed by atoms with Gasteiger partial charge in [-0.1, -0.05) is 0 Å². The predicted octanol–water partition coefficient (Wildman–Crippen LogP) is 2.84. The molecule has 0 aliphatic carbocycles. The summed E-state index contributed by atoms with van der Waals surface area (Å²) >= 11 is 0. The van der Waals surface area contributed by atoms with Crippen LogP contribution in [-0.4, -0.2) is 26.1 Å². The number of fused-ring (bicyclic) bond motifs is 1. The summed E-state index contributed by atoms with van der Waals surface area (Å²) in [6.07, 6.45) is 0. The average molecular weight is 353 g/mol. The first-order valence-electron chi connectivity index (χ1n) is 7.63. The molecule has 3 rings (SSSR count). The molecule has 26 heavy (non-hydrogen) atoms. The number of nitrogens with one attached hydrogen (secondary N) is 1. The van der Waals surface area contributed by atoms with Crippen LogP contribution in [0.3, 0.4) is 0 Å². The molecule has 0 saturated heterocycles. The van der Waals surface area contributed by atoms with Crippen LogP contribution in [-0.2, 0) is 4.74 Å². The van der Waals surface area contributed by atoms with Crippen molar-refractivity contribution >= 4 is 28.5 Å². The lowest BCUT2D eigenvalue weighted by atomic mass is 10.1. The Morgan fingerprint density at radius 1 is 1.00 bits per heavy atom. The number of carbonyl (C=O) groups is 2. The molecule has 0 radical (unpaired) electrons. The highest BCUT2D eigenvalue weighted by molar-refractivity contribution is 6.05. The van der Waals surface area contributed by atoms with E-state index < -0.39 is 11.4 Å². The van der Waals surface area contributed by atoms with Crippen LogP contribution in [0.2, 0.25) is 0 Å². The average Bonchev–Trinajstić information content (AvgIpc) is 2.67. The molecular formula is C19H15NO6. The smallest absolute Gasteiger partial charge is 0.374 e. The van der Waals surface area contributed by atoms with E-state index in [1.165, 1.54) is 19.2 Å². The van der Waals surface area contributed by atoms with Crippen molar-refractivity contribution in [2.75, 3.05) is 19.5 Å². The number of rotatable bonds is 4. The second-order valence-electron chi connectivity index (χ2n) is 5.36. The van der Waals surface area contributed by atoms with Crippen LogP contribution in [0.5, 0.6) is 5.75 Å². The maximum atomic E-state index is 12.3. The summed E-state index contributed by atoms with van der Waals surface area (Å²) in [6, 6.07) is 12.3. The van der Waals surface area contributed by atoms with Gasteiger partial charge < -0.3 is 19.2 Å². The van der Waals surface area contributed by atoms with Crippen LogP contribution in [0.4, 0.5) is 5.69 Å². The van der Waals surface area contributed by atoms with Crippen LogP contribution >= 0.6 is 0 Å². The molecule has 0 aliphatic rings. The zero-order valence-electron chi connectivity index (χ0n) is 14.1. The minimum absolute atomic E-state index is 0.181. The lowest BCUT2D eigenvalue weighted by molar-refractivity contribution is 0.0565. The van der Waals surface area contributed by atoms with Gasteiger partial charge in [-0.15, -0.1) is 0 Å². The largest absolute Gasteiger partial charge is 0.497 e. The number of benzene rings is 2. The lowest BCUT2D eigenvalue weighted by Gasteiger charge is -2.07. The lowest BCUT2D eigenvalue weighted by Crippen LogP contribution is -2.12. The molecule has 0 aliphatic heterocycles. The van der Waals surface area contributed by atoms with Gasteiger partial charge in [0.05, 0.1) is 19.6 Å². The third-order valence-corrected chi connectivity index (χ3v) is 3.72. The van der Waals surface area contributed by atoms with Crippen LogP contribution in [0.25, 0.3) is 11.0 Å². The van der Waals surface area contributed by atoms with Gasteiger partial charge in [-0.3, -0.25) is 9.59 Å². The highest BCUT2D eigenvalue weighted by atomic mass is 16.5. The molecule has 0 atom stereocenters. The molecule has 0 fully saturated rings. The Balaban J connectivity index is 1.88. The molecule has 7 heteroatoms. The third-order valence-electron chi connectivity index (χ3n) is 3.72. The number of hydrogen-bond acceptors (Lipinski definition) is 6. The summed E-state index contributed by atoms with van der Waals surface area (Å²) in [6.45, 7) is 0. The minimum Gasteiger partial charge on any atom is -0.497 e. The maximum Gasteiger partial charge on any atom is 0.374 e. The fraction of sp³-hybridized carbons (Fsp3) is 0.105. The van der Waals surface area contributed by atoms with E-state index in [0.717, 1.165) is 6.07 Å². The molecule has 0 spiro atoms. The van der Waals surface area contributed by atoms with Gasteiger partial charge in [-0.25, -0.2) is 4.79 Å². The minimum atomic E-state index is -0.735. The molecule has 132 valence electrons. The van der Waals surface area contributed by atoms with Gasteiger partial charge in [-0.05, 0) is 42.5 Å². The number of carbonyl (C=O) groups excluding carboxylic acids is 2. The van der Waals surface area contributed by atoms with E-state index in [4.69, 9.17) is 9.15 Å². The fourth-order valence-corrected chi connectivity index (χ4v) is 2.38. The number of amides is 1. The van der Waals surface area contributed by atoms with E-state index in [1.54, 1.807) is 37.4 Å². The molecule has 0 saturated carbocycles. The van der Waals surface area contributed by atoms with E-state index >= 15 is 0 Å². The summed E-state index contributed by atoms with van der Waals surface area (Å²) in [4.78, 5) is 36.0. The number of esters is 1. The second-order valence-corrected chi connectivity index (χ2v) is 5.36. The number of hydrogen-bond donors (Lipinski definition) is 1. The van der Waals surface area contributed by atoms with Crippen LogP contribution in [0.1, 0.15) is 20.9 Å². The van der Waals surface area contributed by atoms with Gasteiger partial charge in [0.25, 0.3) is 5.91 Å². The third kappa shape index (κ3) is 3.41. The Kier molecular flexibility index (Phi) is 4.70. The first-order valence-corrected chi connectivity index (χ1v) is 7.63. The standard InChI is InChI=1S/C19H15NO6/c1-24-13-6-3-11(4-7-13)18(22)20-12-5-8-16-14(9-12)15(21)10-17(26-16)19(23)25-2/h3-10H,1-2H3,(H,20,22). The van der Waals surface area contributed by atoms with Gasteiger partial charge in [-0.2, -0.15) is 0 Å². The zero-order valence-corrected chi connectivity index (χ0v) is 14.1. The fourth-order valence-electron chi connectivity index (χ4n) is 2.38. The van der Waals surface area contributed by atoms with Crippen molar-refractivity contribution in [3.05, 3.63) is 70.1 Å². The summed E-state index contributed by atoms with van der Waals surface area (Å²) in [5.74, 6) is -0.602. The quantitative estimate of drug-likeness (QED) is 0.725. The first kappa shape index (κ1) is 17.2.